The number of aryl methyl sites for hydroxylation is 1. The minimum absolute atomic E-state index is 0.0334. The Hall–Kier alpha value is -2.78. The second kappa shape index (κ2) is 9.36. The average Bonchev–Trinajstić information content (AvgIpc) is 2.79. The molecule has 4 rings (SSSR count). The zero-order valence-electron chi connectivity index (χ0n) is 17.3. The summed E-state index contributed by atoms with van der Waals surface area (Å²) in [5.74, 6) is 0.244. The fraction of sp³-hybridized carbons (Fsp3) is 0.269. The number of hydrogen-bond acceptors (Lipinski definition) is 2. The maximum atomic E-state index is 13.2. The van der Waals surface area contributed by atoms with Gasteiger partial charge in [-0.3, -0.25) is 4.79 Å². The van der Waals surface area contributed by atoms with Gasteiger partial charge < -0.3 is 9.80 Å². The van der Waals surface area contributed by atoms with E-state index in [2.05, 4.69) is 48.2 Å². The molecule has 0 spiro atoms. The first-order valence-electron chi connectivity index (χ1n) is 10.5. The van der Waals surface area contributed by atoms with Crippen LogP contribution >= 0.6 is 11.6 Å². The predicted octanol–water partition coefficient (Wildman–Crippen LogP) is 5.52. The summed E-state index contributed by atoms with van der Waals surface area (Å²) in [4.78, 5) is 17.6. The Morgan fingerprint density at radius 2 is 1.43 bits per heavy atom. The largest absolute Gasteiger partial charge is 0.368 e. The van der Waals surface area contributed by atoms with Crippen LogP contribution in [0.2, 0.25) is 5.02 Å². The molecular weight excluding hydrogens is 392 g/mol. The van der Waals surface area contributed by atoms with Gasteiger partial charge in [0.1, 0.15) is 0 Å². The number of hydrogen-bond donors (Lipinski definition) is 0. The average molecular weight is 419 g/mol. The molecule has 1 fully saturated rings. The summed E-state index contributed by atoms with van der Waals surface area (Å²) >= 11 is 6.08. The fourth-order valence-electron chi connectivity index (χ4n) is 4.08. The van der Waals surface area contributed by atoms with E-state index in [1.165, 1.54) is 11.3 Å². The summed E-state index contributed by atoms with van der Waals surface area (Å²) in [6, 6.07) is 26.7. The van der Waals surface area contributed by atoms with Crippen molar-refractivity contribution in [3.8, 4) is 0 Å². The summed E-state index contributed by atoms with van der Waals surface area (Å²) in [5, 5.41) is 0.712. The summed E-state index contributed by atoms with van der Waals surface area (Å²) in [7, 11) is 0. The number of benzene rings is 3. The van der Waals surface area contributed by atoms with Crippen LogP contribution in [0.15, 0.2) is 78.9 Å². The van der Waals surface area contributed by atoms with Crippen molar-refractivity contribution in [2.45, 2.75) is 19.3 Å². The van der Waals surface area contributed by atoms with Gasteiger partial charge in [-0.1, -0.05) is 71.8 Å². The molecule has 1 saturated heterocycles. The van der Waals surface area contributed by atoms with Crippen LogP contribution in [0.1, 0.15) is 29.0 Å². The van der Waals surface area contributed by atoms with Gasteiger partial charge in [0.05, 0.1) is 0 Å². The Balaban J connectivity index is 1.44. The van der Waals surface area contributed by atoms with Gasteiger partial charge in [-0.25, -0.2) is 0 Å². The third-order valence-electron chi connectivity index (χ3n) is 5.88. The Labute approximate surface area is 183 Å². The van der Waals surface area contributed by atoms with Crippen molar-refractivity contribution in [1.29, 1.82) is 0 Å². The third-order valence-corrected chi connectivity index (χ3v) is 6.14. The molecular formula is C26H27ClN2O. The van der Waals surface area contributed by atoms with E-state index in [9.17, 15) is 4.79 Å². The zero-order chi connectivity index (χ0) is 20.9. The van der Waals surface area contributed by atoms with Gasteiger partial charge in [-0.2, -0.15) is 0 Å². The van der Waals surface area contributed by atoms with Crippen molar-refractivity contribution in [2.24, 2.45) is 0 Å². The van der Waals surface area contributed by atoms with Crippen LogP contribution in [-0.4, -0.2) is 37.0 Å². The number of carbonyl (C=O) groups is 1. The maximum Gasteiger partial charge on any atom is 0.223 e. The molecule has 3 aromatic rings. The lowest BCUT2D eigenvalue weighted by atomic mass is 9.88. The maximum absolute atomic E-state index is 13.2. The van der Waals surface area contributed by atoms with Gasteiger partial charge in [0, 0.05) is 49.2 Å². The molecule has 3 aromatic carbocycles. The van der Waals surface area contributed by atoms with E-state index in [0.29, 0.717) is 11.4 Å². The van der Waals surface area contributed by atoms with Crippen LogP contribution in [-0.2, 0) is 4.79 Å². The molecule has 154 valence electrons. The van der Waals surface area contributed by atoms with E-state index in [0.717, 1.165) is 37.3 Å². The Morgan fingerprint density at radius 3 is 2.07 bits per heavy atom. The van der Waals surface area contributed by atoms with Gasteiger partial charge in [0.2, 0.25) is 5.91 Å². The molecule has 4 heteroatoms. The van der Waals surface area contributed by atoms with E-state index < -0.39 is 0 Å². The molecule has 1 aliphatic heterocycles. The van der Waals surface area contributed by atoms with E-state index in [-0.39, 0.29) is 11.8 Å². The van der Waals surface area contributed by atoms with Crippen molar-refractivity contribution in [1.82, 2.24) is 4.90 Å². The number of carbonyl (C=O) groups excluding carboxylic acids is 1. The van der Waals surface area contributed by atoms with Gasteiger partial charge in [0.15, 0.2) is 0 Å². The topological polar surface area (TPSA) is 23.6 Å². The lowest BCUT2D eigenvalue weighted by Gasteiger charge is -2.37. The molecule has 0 N–H and O–H groups in total. The van der Waals surface area contributed by atoms with Crippen LogP contribution in [0.3, 0.4) is 0 Å². The highest BCUT2D eigenvalue weighted by Gasteiger charge is 2.25. The third kappa shape index (κ3) is 4.85. The molecule has 3 nitrogen and oxygen atoms in total. The number of anilines is 1. The summed E-state index contributed by atoms with van der Waals surface area (Å²) < 4.78 is 0. The van der Waals surface area contributed by atoms with Crippen LogP contribution in [0, 0.1) is 6.92 Å². The molecule has 1 heterocycles. The highest BCUT2D eigenvalue weighted by atomic mass is 35.5. The van der Waals surface area contributed by atoms with Crippen molar-refractivity contribution < 1.29 is 4.79 Å². The van der Waals surface area contributed by atoms with Crippen molar-refractivity contribution in [3.05, 3.63) is 101 Å². The van der Waals surface area contributed by atoms with E-state index >= 15 is 0 Å². The van der Waals surface area contributed by atoms with E-state index in [4.69, 9.17) is 11.6 Å². The Kier molecular flexibility index (Phi) is 6.39. The second-order valence-electron chi connectivity index (χ2n) is 7.92. The minimum Gasteiger partial charge on any atom is -0.368 e. The molecule has 0 saturated carbocycles. The highest BCUT2D eigenvalue weighted by Crippen LogP contribution is 2.30. The first-order valence-corrected chi connectivity index (χ1v) is 10.9. The number of rotatable bonds is 5. The van der Waals surface area contributed by atoms with E-state index in [1.807, 2.05) is 47.4 Å². The first kappa shape index (κ1) is 20.5. The van der Waals surface area contributed by atoms with Crippen LogP contribution in [0.4, 0.5) is 5.69 Å². The standard InChI is InChI=1S/C26H27ClN2O/c1-20-7-13-24(14-8-20)28-15-17-29(18-16-28)26(30)19-25(21-5-3-2-4-6-21)22-9-11-23(27)12-10-22/h2-14,25H,15-19H2,1H3. The van der Waals surface area contributed by atoms with E-state index in [1.54, 1.807) is 0 Å². The monoisotopic (exact) mass is 418 g/mol. The lowest BCUT2D eigenvalue weighted by Crippen LogP contribution is -2.49. The molecule has 1 unspecified atom stereocenters. The fourth-order valence-corrected chi connectivity index (χ4v) is 4.21. The second-order valence-corrected chi connectivity index (χ2v) is 8.36. The van der Waals surface area contributed by atoms with Gasteiger partial charge in [0.25, 0.3) is 0 Å². The summed E-state index contributed by atoms with van der Waals surface area (Å²) in [5.41, 5.74) is 4.78. The smallest absolute Gasteiger partial charge is 0.223 e. The Morgan fingerprint density at radius 1 is 0.833 bits per heavy atom. The van der Waals surface area contributed by atoms with Crippen molar-refractivity contribution in [2.75, 3.05) is 31.1 Å². The van der Waals surface area contributed by atoms with Gasteiger partial charge >= 0.3 is 0 Å². The molecule has 0 aromatic heterocycles. The van der Waals surface area contributed by atoms with Crippen LogP contribution < -0.4 is 4.90 Å². The number of piperazine rings is 1. The van der Waals surface area contributed by atoms with Crippen molar-refractivity contribution >= 4 is 23.2 Å². The van der Waals surface area contributed by atoms with Crippen molar-refractivity contribution in [3.63, 3.8) is 0 Å². The quantitative estimate of drug-likeness (QED) is 0.544. The van der Waals surface area contributed by atoms with Crippen LogP contribution in [0.25, 0.3) is 0 Å². The molecule has 1 amide bonds. The lowest BCUT2D eigenvalue weighted by molar-refractivity contribution is -0.131. The summed E-state index contributed by atoms with van der Waals surface area (Å²) in [6.07, 6.45) is 0.468. The predicted molar refractivity (Wildman–Crippen MR) is 124 cm³/mol. The molecule has 1 atom stereocenters. The minimum atomic E-state index is 0.0334. The highest BCUT2D eigenvalue weighted by molar-refractivity contribution is 6.30. The molecule has 0 aliphatic carbocycles. The SMILES string of the molecule is Cc1ccc(N2CCN(C(=O)CC(c3ccccc3)c3ccc(Cl)cc3)CC2)cc1. The number of amides is 1. The molecule has 0 bridgehead atoms. The van der Waals surface area contributed by atoms with Crippen LogP contribution in [0.5, 0.6) is 0 Å². The molecule has 30 heavy (non-hydrogen) atoms. The number of halogens is 1. The van der Waals surface area contributed by atoms with Gasteiger partial charge in [-0.15, -0.1) is 0 Å². The zero-order valence-corrected chi connectivity index (χ0v) is 18.1. The van der Waals surface area contributed by atoms with Gasteiger partial charge in [-0.05, 0) is 42.3 Å². The first-order chi connectivity index (χ1) is 14.6. The number of nitrogens with zero attached hydrogens (tertiary/aromatic N) is 2. The molecule has 0 radical (unpaired) electrons. The Bertz CT molecular complexity index is 962. The normalized spacial score (nSPS) is 15.1. The molecule has 1 aliphatic rings. The summed E-state index contributed by atoms with van der Waals surface area (Å²) in [6.45, 7) is 5.35.